The molecule has 0 atom stereocenters. The molecule has 0 aliphatic rings. The lowest BCUT2D eigenvalue weighted by atomic mass is 10.2. The highest BCUT2D eigenvalue weighted by Gasteiger charge is 2.10. The molecule has 1 aromatic carbocycles. The lowest BCUT2D eigenvalue weighted by Gasteiger charge is -2.03. The molecular weight excluding hydrogens is 296 g/mol. The number of carbonyl (C=O) groups is 1. The molecular formula is C13H11ClN4OS. The van der Waals surface area contributed by atoms with Gasteiger partial charge in [-0.05, 0) is 23.6 Å². The van der Waals surface area contributed by atoms with E-state index in [-0.39, 0.29) is 5.91 Å². The van der Waals surface area contributed by atoms with Gasteiger partial charge in [-0.3, -0.25) is 10.2 Å². The molecule has 0 saturated carbocycles. The maximum atomic E-state index is 11.4. The molecule has 0 radical (unpaired) electrons. The molecule has 0 unspecified atom stereocenters. The van der Waals surface area contributed by atoms with Crippen molar-refractivity contribution >= 4 is 39.7 Å². The average molecular weight is 307 g/mol. The van der Waals surface area contributed by atoms with Crippen LogP contribution in [0.2, 0.25) is 5.02 Å². The Morgan fingerprint density at radius 2 is 2.30 bits per heavy atom. The Balaban J connectivity index is 1.91. The van der Waals surface area contributed by atoms with Crippen molar-refractivity contribution < 1.29 is 4.79 Å². The average Bonchev–Trinajstić information content (AvgIpc) is 3.06. The summed E-state index contributed by atoms with van der Waals surface area (Å²) in [6.45, 7) is 0.582. The monoisotopic (exact) mass is 306 g/mol. The maximum absolute atomic E-state index is 11.4. The van der Waals surface area contributed by atoms with Crippen LogP contribution < -0.4 is 11.3 Å². The summed E-state index contributed by atoms with van der Waals surface area (Å²) in [4.78, 5) is 15.6. The van der Waals surface area contributed by atoms with E-state index in [1.165, 1.54) is 11.3 Å². The minimum Gasteiger partial charge on any atom is -0.341 e. The van der Waals surface area contributed by atoms with Crippen molar-refractivity contribution in [1.82, 2.24) is 15.0 Å². The number of nitrogen functional groups attached to an aromatic ring is 1. The number of nitrogens with two attached hydrogens (primary N) is 1. The van der Waals surface area contributed by atoms with Crippen LogP contribution in [-0.4, -0.2) is 15.5 Å². The normalized spacial score (nSPS) is 10.9. The number of rotatable bonds is 3. The highest BCUT2D eigenvalue weighted by Crippen LogP contribution is 2.22. The van der Waals surface area contributed by atoms with Crippen molar-refractivity contribution in [2.24, 2.45) is 5.84 Å². The Bertz CT molecular complexity index is 780. The third kappa shape index (κ3) is 2.40. The van der Waals surface area contributed by atoms with Gasteiger partial charge in [-0.1, -0.05) is 17.7 Å². The van der Waals surface area contributed by atoms with Gasteiger partial charge in [0.2, 0.25) is 0 Å². The maximum Gasteiger partial charge on any atom is 0.294 e. The van der Waals surface area contributed by atoms with Crippen LogP contribution in [-0.2, 0) is 6.54 Å². The SMILES string of the molecule is NNC(=O)c1nc(Cn2ccc3ccc(Cl)cc32)cs1. The Morgan fingerprint density at radius 3 is 3.10 bits per heavy atom. The van der Waals surface area contributed by atoms with E-state index in [9.17, 15) is 4.79 Å². The van der Waals surface area contributed by atoms with Crippen molar-refractivity contribution in [2.45, 2.75) is 6.54 Å². The lowest BCUT2D eigenvalue weighted by Crippen LogP contribution is -2.29. The van der Waals surface area contributed by atoms with Gasteiger partial charge in [-0.2, -0.15) is 0 Å². The number of carbonyl (C=O) groups excluding carboxylic acids is 1. The van der Waals surface area contributed by atoms with Crippen LogP contribution in [0.15, 0.2) is 35.8 Å². The largest absolute Gasteiger partial charge is 0.341 e. The number of aromatic nitrogens is 2. The first-order valence-corrected chi connectivity index (χ1v) is 7.13. The summed E-state index contributed by atoms with van der Waals surface area (Å²) in [5.41, 5.74) is 3.92. The molecule has 5 nitrogen and oxygen atoms in total. The number of hydrogen-bond donors (Lipinski definition) is 2. The predicted molar refractivity (Wildman–Crippen MR) is 79.8 cm³/mol. The van der Waals surface area contributed by atoms with Gasteiger partial charge in [0.25, 0.3) is 5.91 Å². The Labute approximate surface area is 124 Å². The van der Waals surface area contributed by atoms with Gasteiger partial charge in [0, 0.05) is 22.1 Å². The van der Waals surface area contributed by atoms with E-state index in [2.05, 4.69) is 10.4 Å². The number of hydrazine groups is 1. The lowest BCUT2D eigenvalue weighted by molar-refractivity contribution is 0.0953. The van der Waals surface area contributed by atoms with Crippen molar-refractivity contribution in [2.75, 3.05) is 0 Å². The molecule has 0 fully saturated rings. The van der Waals surface area contributed by atoms with Crippen molar-refractivity contribution in [1.29, 1.82) is 0 Å². The number of benzene rings is 1. The van der Waals surface area contributed by atoms with Gasteiger partial charge < -0.3 is 4.57 Å². The van der Waals surface area contributed by atoms with E-state index in [1.807, 2.05) is 40.4 Å². The number of nitrogens with zero attached hydrogens (tertiary/aromatic N) is 2. The second kappa shape index (κ2) is 5.24. The molecule has 3 rings (SSSR count). The number of fused-ring (bicyclic) bond motifs is 1. The molecule has 0 aliphatic carbocycles. The molecule has 0 aliphatic heterocycles. The summed E-state index contributed by atoms with van der Waals surface area (Å²) in [7, 11) is 0. The molecule has 0 bridgehead atoms. The van der Waals surface area contributed by atoms with E-state index in [0.29, 0.717) is 16.6 Å². The molecule has 1 amide bonds. The third-order valence-electron chi connectivity index (χ3n) is 2.95. The van der Waals surface area contributed by atoms with Crippen LogP contribution in [0.3, 0.4) is 0 Å². The van der Waals surface area contributed by atoms with Crippen LogP contribution in [0, 0.1) is 0 Å². The Hall–Kier alpha value is -1.89. The molecule has 2 heterocycles. The van der Waals surface area contributed by atoms with Gasteiger partial charge in [-0.15, -0.1) is 11.3 Å². The summed E-state index contributed by atoms with van der Waals surface area (Å²) >= 11 is 7.29. The van der Waals surface area contributed by atoms with E-state index in [4.69, 9.17) is 17.4 Å². The van der Waals surface area contributed by atoms with E-state index in [0.717, 1.165) is 16.6 Å². The Morgan fingerprint density at radius 1 is 1.45 bits per heavy atom. The summed E-state index contributed by atoms with van der Waals surface area (Å²) in [6, 6.07) is 7.77. The van der Waals surface area contributed by atoms with Gasteiger partial charge in [0.05, 0.1) is 12.2 Å². The zero-order chi connectivity index (χ0) is 14.1. The molecule has 2 aromatic heterocycles. The number of halogens is 1. The molecule has 3 aromatic rings. The number of amides is 1. The Kier molecular flexibility index (Phi) is 3.43. The third-order valence-corrected chi connectivity index (χ3v) is 4.07. The predicted octanol–water partition coefficient (Wildman–Crippen LogP) is 2.40. The van der Waals surface area contributed by atoms with Crippen LogP contribution in [0.4, 0.5) is 0 Å². The molecule has 0 spiro atoms. The number of hydrogen-bond acceptors (Lipinski definition) is 4. The van der Waals surface area contributed by atoms with Gasteiger partial charge in [-0.25, -0.2) is 10.8 Å². The zero-order valence-electron chi connectivity index (χ0n) is 10.3. The highest BCUT2D eigenvalue weighted by atomic mass is 35.5. The van der Waals surface area contributed by atoms with Crippen molar-refractivity contribution in [3.8, 4) is 0 Å². The second-order valence-electron chi connectivity index (χ2n) is 4.26. The zero-order valence-corrected chi connectivity index (χ0v) is 11.9. The fourth-order valence-electron chi connectivity index (χ4n) is 2.02. The topological polar surface area (TPSA) is 72.9 Å². The standard InChI is InChI=1S/C13H11ClN4OS/c14-9-2-1-8-3-4-18(11(8)5-9)6-10-7-20-13(16-10)12(19)17-15/h1-5,7H,6,15H2,(H,17,19). The van der Waals surface area contributed by atoms with Crippen molar-refractivity contribution in [3.05, 3.63) is 51.6 Å². The minimum absolute atomic E-state index is 0.358. The van der Waals surface area contributed by atoms with E-state index >= 15 is 0 Å². The smallest absolute Gasteiger partial charge is 0.294 e. The minimum atomic E-state index is -0.373. The number of thiazole rings is 1. The molecule has 7 heteroatoms. The second-order valence-corrected chi connectivity index (χ2v) is 5.56. The molecule has 3 N–H and O–H groups in total. The molecule has 0 saturated heterocycles. The van der Waals surface area contributed by atoms with Crippen LogP contribution in [0.5, 0.6) is 0 Å². The van der Waals surface area contributed by atoms with Crippen LogP contribution >= 0.6 is 22.9 Å². The van der Waals surface area contributed by atoms with Gasteiger partial charge in [0.15, 0.2) is 5.01 Å². The van der Waals surface area contributed by atoms with Gasteiger partial charge >= 0.3 is 0 Å². The van der Waals surface area contributed by atoms with Gasteiger partial charge in [0.1, 0.15) is 0 Å². The van der Waals surface area contributed by atoms with E-state index in [1.54, 1.807) is 0 Å². The quantitative estimate of drug-likeness (QED) is 0.443. The van der Waals surface area contributed by atoms with Crippen molar-refractivity contribution in [3.63, 3.8) is 0 Å². The molecule has 102 valence electrons. The summed E-state index contributed by atoms with van der Waals surface area (Å²) in [6.07, 6.45) is 1.98. The van der Waals surface area contributed by atoms with Crippen LogP contribution in [0.25, 0.3) is 10.9 Å². The fourth-order valence-corrected chi connectivity index (χ4v) is 2.89. The first kappa shape index (κ1) is 13.1. The van der Waals surface area contributed by atoms with Crippen LogP contribution in [0.1, 0.15) is 15.5 Å². The summed E-state index contributed by atoms with van der Waals surface area (Å²) in [5.74, 6) is 4.71. The summed E-state index contributed by atoms with van der Waals surface area (Å²) < 4.78 is 2.04. The fraction of sp³-hybridized carbons (Fsp3) is 0.0769. The first-order chi connectivity index (χ1) is 9.67. The summed E-state index contributed by atoms with van der Waals surface area (Å²) in [5, 5.41) is 4.02. The first-order valence-electron chi connectivity index (χ1n) is 5.87. The highest BCUT2D eigenvalue weighted by molar-refractivity contribution is 7.11. The number of nitrogens with one attached hydrogen (secondary N) is 1. The van der Waals surface area contributed by atoms with E-state index < -0.39 is 0 Å². The molecule has 20 heavy (non-hydrogen) atoms.